The van der Waals surface area contributed by atoms with Gasteiger partial charge in [0.1, 0.15) is 16.5 Å². The second-order valence-corrected chi connectivity index (χ2v) is 6.71. The molecule has 0 aliphatic rings. The number of aryl methyl sites for hydroxylation is 1. The van der Waals surface area contributed by atoms with Gasteiger partial charge in [-0.2, -0.15) is 0 Å². The molecule has 2 aromatic heterocycles. The van der Waals surface area contributed by atoms with Crippen LogP contribution in [0, 0.1) is 6.92 Å². The van der Waals surface area contributed by atoms with Crippen LogP contribution in [0.15, 0.2) is 47.5 Å². The number of aromatic nitrogens is 3. The highest BCUT2D eigenvalue weighted by atomic mass is 32.2. The molecule has 2 heterocycles. The summed E-state index contributed by atoms with van der Waals surface area (Å²) in [6.45, 7) is 3.34. The number of pyridine rings is 1. The van der Waals surface area contributed by atoms with E-state index in [1.54, 1.807) is 6.07 Å². The monoisotopic (exact) mass is 331 g/mol. The van der Waals surface area contributed by atoms with Crippen LogP contribution in [0.3, 0.4) is 0 Å². The fourth-order valence-electron chi connectivity index (χ4n) is 2.43. The van der Waals surface area contributed by atoms with Crippen LogP contribution in [-0.2, 0) is 16.6 Å². The lowest BCUT2D eigenvalue weighted by Crippen LogP contribution is -2.14. The number of rotatable bonds is 5. The molecule has 120 valence electrons. The minimum absolute atomic E-state index is 0.000465. The summed E-state index contributed by atoms with van der Waals surface area (Å²) in [5, 5.41) is 8.20. The van der Waals surface area contributed by atoms with E-state index in [0.717, 1.165) is 23.4 Å². The summed E-state index contributed by atoms with van der Waals surface area (Å²) in [6, 6.07) is 11.0. The van der Waals surface area contributed by atoms with Crippen molar-refractivity contribution in [3.05, 3.63) is 48.4 Å². The van der Waals surface area contributed by atoms with E-state index < -0.39 is 10.0 Å². The summed E-state index contributed by atoms with van der Waals surface area (Å²) < 4.78 is 24.5. The Morgan fingerprint density at radius 1 is 1.22 bits per heavy atom. The SMILES string of the molecule is Cc1nc2ccccc2n1CCNc1ccc(S(N)(=O)=O)cn1. The van der Waals surface area contributed by atoms with Gasteiger partial charge in [-0.05, 0) is 31.2 Å². The minimum atomic E-state index is -3.71. The summed E-state index contributed by atoms with van der Waals surface area (Å²) >= 11 is 0. The van der Waals surface area contributed by atoms with Crippen molar-refractivity contribution in [2.75, 3.05) is 11.9 Å². The van der Waals surface area contributed by atoms with Crippen LogP contribution in [0.5, 0.6) is 0 Å². The smallest absolute Gasteiger partial charge is 0.239 e. The van der Waals surface area contributed by atoms with Crippen LogP contribution in [0.1, 0.15) is 5.82 Å². The quantitative estimate of drug-likeness (QED) is 0.737. The first kappa shape index (κ1) is 15.4. The highest BCUT2D eigenvalue weighted by Gasteiger charge is 2.08. The Balaban J connectivity index is 1.68. The summed E-state index contributed by atoms with van der Waals surface area (Å²) in [7, 11) is -3.71. The molecule has 0 unspecified atom stereocenters. The Morgan fingerprint density at radius 3 is 2.70 bits per heavy atom. The molecule has 1 aromatic carbocycles. The molecule has 0 aliphatic heterocycles. The number of fused-ring (bicyclic) bond motifs is 1. The lowest BCUT2D eigenvalue weighted by Gasteiger charge is -2.09. The number of primary sulfonamides is 1. The molecule has 3 aromatic rings. The van der Waals surface area contributed by atoms with Crippen molar-refractivity contribution in [1.82, 2.24) is 14.5 Å². The molecular weight excluding hydrogens is 314 g/mol. The summed E-state index contributed by atoms with van der Waals surface area (Å²) in [4.78, 5) is 8.57. The van der Waals surface area contributed by atoms with Gasteiger partial charge in [-0.1, -0.05) is 12.1 Å². The van der Waals surface area contributed by atoms with E-state index in [4.69, 9.17) is 5.14 Å². The Kier molecular flexibility index (Phi) is 4.01. The van der Waals surface area contributed by atoms with Gasteiger partial charge in [0.25, 0.3) is 0 Å². The van der Waals surface area contributed by atoms with Gasteiger partial charge in [0.2, 0.25) is 10.0 Å². The molecule has 0 aliphatic carbocycles. The molecule has 0 atom stereocenters. The number of sulfonamides is 1. The summed E-state index contributed by atoms with van der Waals surface area (Å²) in [5.74, 6) is 1.55. The van der Waals surface area contributed by atoms with Crippen LogP contribution < -0.4 is 10.5 Å². The van der Waals surface area contributed by atoms with Crippen molar-refractivity contribution >= 4 is 26.9 Å². The van der Waals surface area contributed by atoms with Crippen molar-refractivity contribution in [2.45, 2.75) is 18.4 Å². The Morgan fingerprint density at radius 2 is 2.00 bits per heavy atom. The van der Waals surface area contributed by atoms with E-state index in [2.05, 4.69) is 19.9 Å². The van der Waals surface area contributed by atoms with E-state index >= 15 is 0 Å². The van der Waals surface area contributed by atoms with E-state index in [9.17, 15) is 8.42 Å². The molecule has 3 N–H and O–H groups in total. The molecule has 23 heavy (non-hydrogen) atoms. The van der Waals surface area contributed by atoms with Crippen LogP contribution in [0.25, 0.3) is 11.0 Å². The third-order valence-corrected chi connectivity index (χ3v) is 4.45. The molecule has 3 rings (SSSR count). The topological polar surface area (TPSA) is 103 Å². The van der Waals surface area contributed by atoms with Gasteiger partial charge >= 0.3 is 0 Å². The van der Waals surface area contributed by atoms with Crippen molar-refractivity contribution in [1.29, 1.82) is 0 Å². The first-order valence-corrected chi connectivity index (χ1v) is 8.64. The van der Waals surface area contributed by atoms with Gasteiger partial charge in [0.05, 0.1) is 11.0 Å². The van der Waals surface area contributed by atoms with Gasteiger partial charge < -0.3 is 9.88 Å². The largest absolute Gasteiger partial charge is 0.368 e. The van der Waals surface area contributed by atoms with E-state index in [1.165, 1.54) is 12.3 Å². The molecule has 7 nitrogen and oxygen atoms in total. The third kappa shape index (κ3) is 3.33. The lowest BCUT2D eigenvalue weighted by atomic mass is 10.3. The van der Waals surface area contributed by atoms with Crippen LogP contribution in [-0.4, -0.2) is 29.5 Å². The zero-order valence-electron chi connectivity index (χ0n) is 12.6. The second kappa shape index (κ2) is 5.98. The second-order valence-electron chi connectivity index (χ2n) is 5.15. The predicted molar refractivity (Wildman–Crippen MR) is 88.6 cm³/mol. The van der Waals surface area contributed by atoms with E-state index in [0.29, 0.717) is 12.4 Å². The first-order valence-electron chi connectivity index (χ1n) is 7.10. The summed E-state index contributed by atoms with van der Waals surface area (Å²) in [5.41, 5.74) is 2.06. The Hall–Kier alpha value is -2.45. The number of nitrogens with zero attached hydrogens (tertiary/aromatic N) is 3. The van der Waals surface area contributed by atoms with E-state index in [1.807, 2.05) is 31.2 Å². The van der Waals surface area contributed by atoms with Crippen LogP contribution in [0.2, 0.25) is 0 Å². The highest BCUT2D eigenvalue weighted by molar-refractivity contribution is 7.89. The van der Waals surface area contributed by atoms with Crippen molar-refractivity contribution in [3.8, 4) is 0 Å². The summed E-state index contributed by atoms with van der Waals surface area (Å²) in [6.07, 6.45) is 1.25. The average molecular weight is 331 g/mol. The maximum absolute atomic E-state index is 11.2. The lowest BCUT2D eigenvalue weighted by molar-refractivity contribution is 0.597. The van der Waals surface area contributed by atoms with Gasteiger partial charge in [-0.15, -0.1) is 0 Å². The molecule has 0 spiro atoms. The van der Waals surface area contributed by atoms with Crippen LogP contribution in [0.4, 0.5) is 5.82 Å². The molecule has 8 heteroatoms. The molecular formula is C15H17N5O2S. The molecule has 0 saturated carbocycles. The molecule has 0 bridgehead atoms. The van der Waals surface area contributed by atoms with Gasteiger partial charge in [-0.3, -0.25) is 0 Å². The number of nitrogens with one attached hydrogen (secondary N) is 1. The average Bonchev–Trinajstić information content (AvgIpc) is 2.83. The first-order chi connectivity index (χ1) is 10.9. The predicted octanol–water partition coefficient (Wildman–Crippen LogP) is 1.50. The van der Waals surface area contributed by atoms with Crippen LogP contribution >= 0.6 is 0 Å². The van der Waals surface area contributed by atoms with E-state index in [-0.39, 0.29) is 4.90 Å². The zero-order chi connectivity index (χ0) is 16.4. The molecule has 0 amide bonds. The number of benzene rings is 1. The van der Waals surface area contributed by atoms with Crippen molar-refractivity contribution in [2.24, 2.45) is 5.14 Å². The number of hydrogen-bond acceptors (Lipinski definition) is 5. The standard InChI is InChI=1S/C15H17N5O2S/c1-11-19-13-4-2-3-5-14(13)20(11)9-8-17-15-7-6-12(10-18-15)23(16,21)22/h2-7,10H,8-9H2,1H3,(H,17,18)(H2,16,21,22). The maximum Gasteiger partial charge on any atom is 0.239 e. The minimum Gasteiger partial charge on any atom is -0.368 e. The number of hydrogen-bond donors (Lipinski definition) is 2. The third-order valence-electron chi connectivity index (χ3n) is 3.55. The van der Waals surface area contributed by atoms with Gasteiger partial charge in [0, 0.05) is 19.3 Å². The zero-order valence-corrected chi connectivity index (χ0v) is 13.4. The van der Waals surface area contributed by atoms with Gasteiger partial charge in [0.15, 0.2) is 0 Å². The number of nitrogens with two attached hydrogens (primary N) is 1. The van der Waals surface area contributed by atoms with Gasteiger partial charge in [-0.25, -0.2) is 23.5 Å². The fraction of sp³-hybridized carbons (Fsp3) is 0.200. The number of para-hydroxylation sites is 2. The van der Waals surface area contributed by atoms with Crippen molar-refractivity contribution < 1.29 is 8.42 Å². The molecule has 0 fully saturated rings. The Labute approximate surface area is 134 Å². The number of imidazole rings is 1. The number of anilines is 1. The van der Waals surface area contributed by atoms with Crippen molar-refractivity contribution in [3.63, 3.8) is 0 Å². The highest BCUT2D eigenvalue weighted by Crippen LogP contribution is 2.15. The molecule has 0 radical (unpaired) electrons. The maximum atomic E-state index is 11.2. The normalized spacial score (nSPS) is 11.7. The fourth-order valence-corrected chi connectivity index (χ4v) is 2.88. The Bertz CT molecular complexity index is 932. The molecule has 0 saturated heterocycles.